The summed E-state index contributed by atoms with van der Waals surface area (Å²) in [4.78, 5) is 23.8. The monoisotopic (exact) mass is 779 g/mol. The van der Waals surface area contributed by atoms with Crippen molar-refractivity contribution in [1.82, 2.24) is 0 Å². The van der Waals surface area contributed by atoms with Crippen LogP contribution in [0.4, 0.5) is 0 Å². The highest BCUT2D eigenvalue weighted by Crippen LogP contribution is 2.27. The average molecular weight is 779 g/mol. The number of methoxy groups -OCH3 is 2. The normalized spacial score (nSPS) is 11.4. The summed E-state index contributed by atoms with van der Waals surface area (Å²) in [6.45, 7) is 0.906. The first-order valence-corrected chi connectivity index (χ1v) is 21.9. The lowest BCUT2D eigenvalue weighted by atomic mass is 10.0. The van der Waals surface area contributed by atoms with E-state index in [4.69, 9.17) is 18.9 Å². The van der Waals surface area contributed by atoms with Crippen molar-refractivity contribution in [3.63, 3.8) is 0 Å². The van der Waals surface area contributed by atoms with E-state index in [2.05, 4.69) is 0 Å². The molecule has 0 bridgehead atoms. The van der Waals surface area contributed by atoms with Crippen molar-refractivity contribution in [1.29, 1.82) is 0 Å². The van der Waals surface area contributed by atoms with E-state index in [0.29, 0.717) is 24.7 Å². The zero-order valence-corrected chi connectivity index (χ0v) is 34.9. The van der Waals surface area contributed by atoms with Crippen LogP contribution in [0.1, 0.15) is 178 Å². The number of carbonyl (C=O) groups excluding carboxylic acids is 2. The maximum Gasteiger partial charge on any atom is 0.330 e. The van der Waals surface area contributed by atoms with E-state index >= 15 is 0 Å². The number of ether oxygens (including phenoxy) is 4. The van der Waals surface area contributed by atoms with Crippen LogP contribution in [0.3, 0.4) is 0 Å². The molecule has 0 saturated carbocycles. The third-order valence-corrected chi connectivity index (χ3v) is 10.3. The predicted octanol–water partition coefficient (Wildman–Crippen LogP) is 13.1. The van der Waals surface area contributed by atoms with Gasteiger partial charge in [0.05, 0.1) is 27.4 Å². The Kier molecular flexibility index (Phi) is 28.6. The van der Waals surface area contributed by atoms with Crippen molar-refractivity contribution in [2.75, 3.05) is 27.4 Å². The number of carbonyl (C=O) groups is 2. The number of phenolic OH excluding ortho intramolecular Hbond substituents is 2. The minimum Gasteiger partial charge on any atom is -0.504 e. The number of aromatic hydroxyl groups is 2. The molecule has 8 heteroatoms. The molecule has 0 fully saturated rings. The molecule has 2 aromatic carbocycles. The molecular formula is C48H74O8. The maximum absolute atomic E-state index is 11.9. The van der Waals surface area contributed by atoms with Crippen LogP contribution in [-0.4, -0.2) is 49.6 Å². The Labute approximate surface area is 339 Å². The molecule has 8 nitrogen and oxygen atoms in total. The standard InChI is InChI=1S/C48H74O8/c1-53-45-33-29-41(39-43(45)49)31-35-47(51)55-37-27-25-23-21-19-17-15-13-11-9-7-5-3-4-6-8-10-12-14-16-18-20-22-24-26-28-38-56-48(52)36-32-42-30-34-46(54-2)44(50)40-42/h29-36,39-40,49-50H,3-28,37-38H2,1-2H3/b35-31+,36-32+. The Balaban J connectivity index is 1.21. The van der Waals surface area contributed by atoms with E-state index in [1.165, 1.54) is 168 Å². The Morgan fingerprint density at radius 1 is 0.429 bits per heavy atom. The summed E-state index contributed by atoms with van der Waals surface area (Å²) >= 11 is 0. The molecule has 0 heterocycles. The minimum atomic E-state index is -0.355. The van der Waals surface area contributed by atoms with Gasteiger partial charge in [0.2, 0.25) is 0 Å². The van der Waals surface area contributed by atoms with Gasteiger partial charge in [-0.3, -0.25) is 0 Å². The van der Waals surface area contributed by atoms with Gasteiger partial charge in [0.25, 0.3) is 0 Å². The van der Waals surface area contributed by atoms with Gasteiger partial charge in [-0.05, 0) is 60.4 Å². The first-order valence-electron chi connectivity index (χ1n) is 21.9. The summed E-state index contributed by atoms with van der Waals surface area (Å²) in [5.41, 5.74) is 1.43. The molecule has 0 radical (unpaired) electrons. The Hall–Kier alpha value is -3.94. The molecule has 0 atom stereocenters. The summed E-state index contributed by atoms with van der Waals surface area (Å²) < 4.78 is 20.6. The molecule has 2 aromatic rings. The third kappa shape index (κ3) is 25.3. The van der Waals surface area contributed by atoms with Gasteiger partial charge in [-0.25, -0.2) is 9.59 Å². The van der Waals surface area contributed by atoms with Crippen LogP contribution in [0, 0.1) is 0 Å². The van der Waals surface area contributed by atoms with Gasteiger partial charge in [-0.15, -0.1) is 0 Å². The Morgan fingerprint density at radius 2 is 0.679 bits per heavy atom. The highest BCUT2D eigenvalue weighted by Gasteiger charge is 2.04. The molecule has 0 aliphatic carbocycles. The molecular weight excluding hydrogens is 705 g/mol. The summed E-state index contributed by atoms with van der Waals surface area (Å²) in [5.74, 6) is 0.188. The van der Waals surface area contributed by atoms with Gasteiger partial charge < -0.3 is 29.2 Å². The van der Waals surface area contributed by atoms with E-state index in [1.807, 2.05) is 0 Å². The van der Waals surface area contributed by atoms with Gasteiger partial charge in [0.15, 0.2) is 23.0 Å². The number of phenols is 2. The zero-order valence-electron chi connectivity index (χ0n) is 34.9. The number of unbranched alkanes of at least 4 members (excludes halogenated alkanes) is 25. The fourth-order valence-electron chi connectivity index (χ4n) is 6.84. The zero-order chi connectivity index (χ0) is 40.3. The van der Waals surface area contributed by atoms with E-state index in [1.54, 1.807) is 48.6 Å². The Bertz CT molecular complexity index is 1260. The molecule has 0 aliphatic heterocycles. The number of benzene rings is 2. The predicted molar refractivity (Wildman–Crippen MR) is 229 cm³/mol. The molecule has 0 unspecified atom stereocenters. The van der Waals surface area contributed by atoms with Crippen LogP contribution >= 0.6 is 0 Å². The highest BCUT2D eigenvalue weighted by atomic mass is 16.5. The molecule has 0 aliphatic rings. The number of hydrogen-bond donors (Lipinski definition) is 2. The van der Waals surface area contributed by atoms with Crippen molar-refractivity contribution < 1.29 is 38.7 Å². The van der Waals surface area contributed by atoms with Crippen LogP contribution in [0.25, 0.3) is 12.2 Å². The lowest BCUT2D eigenvalue weighted by Crippen LogP contribution is -2.02. The van der Waals surface area contributed by atoms with Crippen LogP contribution in [0.5, 0.6) is 23.0 Å². The van der Waals surface area contributed by atoms with E-state index in [-0.39, 0.29) is 23.4 Å². The molecule has 314 valence electrons. The number of rotatable bonds is 35. The summed E-state index contributed by atoms with van der Waals surface area (Å²) in [6, 6.07) is 9.98. The minimum absolute atomic E-state index is 0.0451. The molecule has 0 amide bonds. The van der Waals surface area contributed by atoms with Crippen LogP contribution in [-0.2, 0) is 19.1 Å². The highest BCUT2D eigenvalue weighted by molar-refractivity contribution is 5.87. The topological polar surface area (TPSA) is 112 Å². The van der Waals surface area contributed by atoms with Crippen molar-refractivity contribution >= 4 is 24.1 Å². The molecule has 0 spiro atoms. The van der Waals surface area contributed by atoms with Crippen LogP contribution in [0.15, 0.2) is 48.6 Å². The van der Waals surface area contributed by atoms with Gasteiger partial charge in [0.1, 0.15) is 0 Å². The van der Waals surface area contributed by atoms with Gasteiger partial charge in [0, 0.05) is 12.2 Å². The van der Waals surface area contributed by atoms with Crippen LogP contribution < -0.4 is 9.47 Å². The van der Waals surface area contributed by atoms with Gasteiger partial charge >= 0.3 is 11.9 Å². The number of esters is 2. The lowest BCUT2D eigenvalue weighted by molar-refractivity contribution is -0.138. The van der Waals surface area contributed by atoms with Crippen molar-refractivity contribution in [3.8, 4) is 23.0 Å². The van der Waals surface area contributed by atoms with Gasteiger partial charge in [-0.1, -0.05) is 166 Å². The van der Waals surface area contributed by atoms with E-state index < -0.39 is 0 Å². The SMILES string of the molecule is COc1ccc(/C=C/C(=O)OCCCCCCCCCCCCCCCCCCCCCCCCCCCCOC(=O)/C=C/c2ccc(OC)c(O)c2)cc1O. The largest absolute Gasteiger partial charge is 0.504 e. The molecule has 0 saturated heterocycles. The summed E-state index contributed by atoms with van der Waals surface area (Å²) in [5, 5.41) is 19.6. The second-order valence-corrected chi connectivity index (χ2v) is 15.1. The van der Waals surface area contributed by atoms with Gasteiger partial charge in [-0.2, -0.15) is 0 Å². The smallest absolute Gasteiger partial charge is 0.330 e. The fraction of sp³-hybridized carbons (Fsp3) is 0.625. The van der Waals surface area contributed by atoms with Crippen molar-refractivity contribution in [3.05, 3.63) is 59.7 Å². The molecule has 2 N–H and O–H groups in total. The third-order valence-electron chi connectivity index (χ3n) is 10.3. The quantitative estimate of drug-likeness (QED) is 0.0404. The molecule has 2 rings (SSSR count). The van der Waals surface area contributed by atoms with E-state index in [9.17, 15) is 19.8 Å². The second-order valence-electron chi connectivity index (χ2n) is 15.1. The van der Waals surface area contributed by atoms with Crippen LogP contribution in [0.2, 0.25) is 0 Å². The van der Waals surface area contributed by atoms with Crippen molar-refractivity contribution in [2.45, 2.75) is 167 Å². The maximum atomic E-state index is 11.9. The van der Waals surface area contributed by atoms with Crippen molar-refractivity contribution in [2.24, 2.45) is 0 Å². The summed E-state index contributed by atoms with van der Waals surface area (Å²) in [6.07, 6.45) is 39.7. The number of hydrogen-bond acceptors (Lipinski definition) is 8. The first-order chi connectivity index (χ1) is 27.4. The van der Waals surface area contributed by atoms with E-state index in [0.717, 1.165) is 36.8 Å². The fourth-order valence-corrected chi connectivity index (χ4v) is 6.84. The molecule has 56 heavy (non-hydrogen) atoms. The molecule has 0 aromatic heterocycles. The average Bonchev–Trinajstić information content (AvgIpc) is 3.20. The second kappa shape index (κ2) is 33.2. The first kappa shape index (κ1) is 48.2. The summed E-state index contributed by atoms with van der Waals surface area (Å²) in [7, 11) is 3.00. The Morgan fingerprint density at radius 3 is 0.911 bits per heavy atom. The lowest BCUT2D eigenvalue weighted by Gasteiger charge is -2.05.